The lowest BCUT2D eigenvalue weighted by molar-refractivity contribution is -0.152. The molecule has 0 saturated heterocycles. The van der Waals surface area contributed by atoms with Gasteiger partial charge in [0.15, 0.2) is 0 Å². The van der Waals surface area contributed by atoms with E-state index in [1.54, 1.807) is 19.1 Å². The van der Waals surface area contributed by atoms with E-state index in [0.29, 0.717) is 12.2 Å². The first-order valence-electron chi connectivity index (χ1n) is 5.39. The maximum absolute atomic E-state index is 11.5. The van der Waals surface area contributed by atoms with Crippen molar-refractivity contribution in [1.29, 1.82) is 0 Å². The maximum Gasteiger partial charge on any atom is 0.397 e. The fourth-order valence-electron chi connectivity index (χ4n) is 1.36. The molecule has 1 rings (SSSR count). The molecule has 0 radical (unpaired) electrons. The second kappa shape index (κ2) is 6.65. The third-order valence-corrected chi connectivity index (χ3v) is 2.09. The minimum absolute atomic E-state index is 0.185. The van der Waals surface area contributed by atoms with Crippen molar-refractivity contribution in [3.05, 3.63) is 29.8 Å². The second-order valence-corrected chi connectivity index (χ2v) is 3.36. The summed E-state index contributed by atoms with van der Waals surface area (Å²) in [6.45, 7) is 2.45. The highest BCUT2D eigenvalue weighted by molar-refractivity contribution is 6.37. The van der Waals surface area contributed by atoms with Gasteiger partial charge in [0.2, 0.25) is 0 Å². The highest BCUT2D eigenvalue weighted by Crippen LogP contribution is 2.14. The summed E-state index contributed by atoms with van der Waals surface area (Å²) in [5.41, 5.74) is 1.52. The quantitative estimate of drug-likeness (QED) is 0.602. The number of nitrogens with one attached hydrogen (secondary N) is 2. The van der Waals surface area contributed by atoms with E-state index in [4.69, 9.17) is 0 Å². The molecule has 5 heteroatoms. The van der Waals surface area contributed by atoms with Gasteiger partial charge in [-0.2, -0.15) is 0 Å². The van der Waals surface area contributed by atoms with Gasteiger partial charge in [0.25, 0.3) is 0 Å². The minimum Gasteiger partial charge on any atom is -0.459 e. The van der Waals surface area contributed by atoms with Crippen LogP contribution < -0.4 is 10.6 Å². The Bertz CT molecular complexity index is 404. The van der Waals surface area contributed by atoms with Crippen molar-refractivity contribution in [3.63, 3.8) is 0 Å². The minimum atomic E-state index is -0.869. The molecule has 92 valence electrons. The molecule has 0 aliphatic carbocycles. The number of hydrogen-bond donors (Lipinski definition) is 2. The Kier molecular flexibility index (Phi) is 5.16. The van der Waals surface area contributed by atoms with Crippen LogP contribution in [-0.2, 0) is 20.9 Å². The highest BCUT2D eigenvalue weighted by atomic mass is 16.5. The van der Waals surface area contributed by atoms with Gasteiger partial charge in [-0.3, -0.25) is 4.79 Å². The van der Waals surface area contributed by atoms with Gasteiger partial charge in [-0.15, -0.1) is 0 Å². The normalized spacial score (nSPS) is 9.76. The number of rotatable bonds is 4. The zero-order valence-corrected chi connectivity index (χ0v) is 9.95. The topological polar surface area (TPSA) is 67.4 Å². The second-order valence-electron chi connectivity index (χ2n) is 3.36. The lowest BCUT2D eigenvalue weighted by atomic mass is 10.2. The smallest absolute Gasteiger partial charge is 0.397 e. The van der Waals surface area contributed by atoms with Crippen LogP contribution in [0.2, 0.25) is 0 Å². The van der Waals surface area contributed by atoms with E-state index < -0.39 is 11.9 Å². The fourth-order valence-corrected chi connectivity index (χ4v) is 1.36. The molecule has 0 aromatic heterocycles. The lowest BCUT2D eigenvalue weighted by Crippen LogP contribution is -2.25. The van der Waals surface area contributed by atoms with Gasteiger partial charge in [0, 0.05) is 12.2 Å². The summed E-state index contributed by atoms with van der Waals surface area (Å²) < 4.78 is 4.61. The van der Waals surface area contributed by atoms with Crippen LogP contribution in [-0.4, -0.2) is 25.5 Å². The van der Waals surface area contributed by atoms with Gasteiger partial charge in [-0.25, -0.2) is 4.79 Å². The summed E-state index contributed by atoms with van der Waals surface area (Å²) in [5, 5.41) is 5.51. The molecular weight excluding hydrogens is 220 g/mol. The lowest BCUT2D eigenvalue weighted by Gasteiger charge is -2.09. The van der Waals surface area contributed by atoms with Crippen molar-refractivity contribution >= 4 is 17.6 Å². The number of para-hydroxylation sites is 1. The first kappa shape index (κ1) is 13.2. The van der Waals surface area contributed by atoms with Crippen molar-refractivity contribution in [1.82, 2.24) is 5.32 Å². The van der Waals surface area contributed by atoms with E-state index in [2.05, 4.69) is 15.4 Å². The molecule has 0 saturated carbocycles. The molecule has 1 aromatic rings. The van der Waals surface area contributed by atoms with Crippen molar-refractivity contribution < 1.29 is 14.3 Å². The van der Waals surface area contributed by atoms with Crippen LogP contribution in [0.25, 0.3) is 0 Å². The van der Waals surface area contributed by atoms with E-state index >= 15 is 0 Å². The Balaban J connectivity index is 2.73. The fraction of sp³-hybridized carbons (Fsp3) is 0.333. The van der Waals surface area contributed by atoms with Crippen LogP contribution in [0.1, 0.15) is 12.5 Å². The Hall–Kier alpha value is -1.88. The predicted octanol–water partition coefficient (Wildman–Crippen LogP) is 0.908. The number of anilines is 1. The molecule has 5 nitrogen and oxygen atoms in total. The van der Waals surface area contributed by atoms with Crippen LogP contribution in [0.4, 0.5) is 5.69 Å². The Morgan fingerprint density at radius 3 is 2.65 bits per heavy atom. The number of carbonyl (C=O) groups excluding carboxylic acids is 2. The Labute approximate surface area is 100 Å². The van der Waals surface area contributed by atoms with Crippen molar-refractivity contribution in [3.8, 4) is 0 Å². The summed E-state index contributed by atoms with van der Waals surface area (Å²) in [4.78, 5) is 22.6. The SMILES string of the molecule is CCOC(=O)C(=O)Nc1ccccc1CNC. The van der Waals surface area contributed by atoms with E-state index in [9.17, 15) is 9.59 Å². The number of benzene rings is 1. The standard InChI is InChI=1S/C12H16N2O3/c1-3-17-12(16)11(15)14-10-7-5-4-6-9(10)8-13-2/h4-7,13H,3,8H2,1-2H3,(H,14,15). The molecule has 0 fully saturated rings. The summed E-state index contributed by atoms with van der Waals surface area (Å²) in [6.07, 6.45) is 0. The first-order valence-corrected chi connectivity index (χ1v) is 5.39. The van der Waals surface area contributed by atoms with Crippen LogP contribution >= 0.6 is 0 Å². The van der Waals surface area contributed by atoms with Gasteiger partial charge in [0.05, 0.1) is 6.61 Å². The molecule has 0 atom stereocenters. The third-order valence-electron chi connectivity index (χ3n) is 2.09. The predicted molar refractivity (Wildman–Crippen MR) is 64.5 cm³/mol. The maximum atomic E-state index is 11.5. The number of ether oxygens (including phenoxy) is 1. The zero-order chi connectivity index (χ0) is 12.7. The molecule has 17 heavy (non-hydrogen) atoms. The van der Waals surface area contributed by atoms with E-state index in [0.717, 1.165) is 5.56 Å². The zero-order valence-electron chi connectivity index (χ0n) is 9.95. The third kappa shape index (κ3) is 3.88. The van der Waals surface area contributed by atoms with Crippen LogP contribution in [0.15, 0.2) is 24.3 Å². The summed E-state index contributed by atoms with van der Waals surface area (Å²) in [7, 11) is 1.81. The largest absolute Gasteiger partial charge is 0.459 e. The molecule has 0 bridgehead atoms. The van der Waals surface area contributed by atoms with E-state index in [-0.39, 0.29) is 6.61 Å². The molecule has 0 spiro atoms. The molecule has 0 aliphatic rings. The monoisotopic (exact) mass is 236 g/mol. The van der Waals surface area contributed by atoms with Gasteiger partial charge < -0.3 is 15.4 Å². The Morgan fingerprint density at radius 2 is 2.00 bits per heavy atom. The van der Waals surface area contributed by atoms with Gasteiger partial charge in [-0.05, 0) is 25.6 Å². The molecule has 1 amide bonds. The van der Waals surface area contributed by atoms with Crippen LogP contribution in [0.3, 0.4) is 0 Å². The number of carbonyl (C=O) groups is 2. The molecule has 0 aliphatic heterocycles. The van der Waals surface area contributed by atoms with Gasteiger partial charge in [-0.1, -0.05) is 18.2 Å². The van der Waals surface area contributed by atoms with Crippen molar-refractivity contribution in [2.24, 2.45) is 0 Å². The highest BCUT2D eigenvalue weighted by Gasteiger charge is 2.15. The molecular formula is C12H16N2O3. The molecule has 0 unspecified atom stereocenters. The Morgan fingerprint density at radius 1 is 1.29 bits per heavy atom. The van der Waals surface area contributed by atoms with Crippen LogP contribution in [0, 0.1) is 0 Å². The first-order chi connectivity index (χ1) is 8.19. The summed E-state index contributed by atoms with van der Waals surface area (Å²) in [6, 6.07) is 7.27. The number of amides is 1. The average Bonchev–Trinajstić information content (AvgIpc) is 2.32. The summed E-state index contributed by atoms with van der Waals surface area (Å²) >= 11 is 0. The van der Waals surface area contributed by atoms with Crippen molar-refractivity contribution in [2.75, 3.05) is 19.0 Å². The van der Waals surface area contributed by atoms with E-state index in [1.807, 2.05) is 19.2 Å². The molecule has 1 aromatic carbocycles. The van der Waals surface area contributed by atoms with Crippen molar-refractivity contribution in [2.45, 2.75) is 13.5 Å². The summed E-state index contributed by atoms with van der Waals surface area (Å²) in [5.74, 6) is -1.62. The van der Waals surface area contributed by atoms with E-state index in [1.165, 1.54) is 0 Å². The molecule has 0 heterocycles. The van der Waals surface area contributed by atoms with Gasteiger partial charge >= 0.3 is 11.9 Å². The molecule has 2 N–H and O–H groups in total. The number of esters is 1. The van der Waals surface area contributed by atoms with Gasteiger partial charge in [0.1, 0.15) is 0 Å². The number of hydrogen-bond acceptors (Lipinski definition) is 4. The van der Waals surface area contributed by atoms with Crippen LogP contribution in [0.5, 0.6) is 0 Å². The average molecular weight is 236 g/mol.